The molecule has 0 aliphatic carbocycles. The summed E-state index contributed by atoms with van der Waals surface area (Å²) in [5.74, 6) is 0.583. The number of rotatable bonds is 8. The highest BCUT2D eigenvalue weighted by molar-refractivity contribution is 9.10. The van der Waals surface area contributed by atoms with Crippen molar-refractivity contribution in [2.45, 2.75) is 20.4 Å². The van der Waals surface area contributed by atoms with Gasteiger partial charge in [-0.3, -0.25) is 9.48 Å². The summed E-state index contributed by atoms with van der Waals surface area (Å²) in [6, 6.07) is 9.45. The Bertz CT molecular complexity index is 1040. The van der Waals surface area contributed by atoms with Crippen LogP contribution in [0.1, 0.15) is 29.8 Å². The lowest BCUT2D eigenvalue weighted by atomic mass is 10.2. The molecule has 0 saturated carbocycles. The zero-order chi connectivity index (χ0) is 21.7. The van der Waals surface area contributed by atoms with Crippen LogP contribution in [0, 0.1) is 5.82 Å². The quantitative estimate of drug-likeness (QED) is 0.445. The van der Waals surface area contributed by atoms with Crippen LogP contribution >= 0.6 is 27.5 Å². The number of nitrogens with one attached hydrogen (secondary N) is 1. The molecule has 0 saturated heterocycles. The summed E-state index contributed by atoms with van der Waals surface area (Å²) in [6.07, 6.45) is 1.64. The van der Waals surface area contributed by atoms with Crippen molar-refractivity contribution >= 4 is 39.3 Å². The summed E-state index contributed by atoms with van der Waals surface area (Å²) in [5, 5.41) is 7.37. The van der Waals surface area contributed by atoms with Gasteiger partial charge in [0.25, 0.3) is 5.91 Å². The van der Waals surface area contributed by atoms with Crippen LogP contribution in [0.25, 0.3) is 0 Å². The van der Waals surface area contributed by atoms with Crippen LogP contribution < -0.4 is 14.8 Å². The number of nitrogens with zero attached hydrogens (tertiary/aromatic N) is 2. The summed E-state index contributed by atoms with van der Waals surface area (Å²) in [4.78, 5) is 12.7. The third-order valence-electron chi connectivity index (χ3n) is 4.14. The van der Waals surface area contributed by atoms with E-state index in [4.69, 9.17) is 21.1 Å². The van der Waals surface area contributed by atoms with Gasteiger partial charge in [-0.05, 0) is 60.1 Å². The van der Waals surface area contributed by atoms with Gasteiger partial charge in [0.15, 0.2) is 17.3 Å². The Hall–Kier alpha value is -2.58. The molecule has 3 aromatic rings. The molecule has 1 aromatic heterocycles. The summed E-state index contributed by atoms with van der Waals surface area (Å²) in [6.45, 7) is 4.78. The molecular weight excluding hydrogens is 477 g/mol. The molecule has 6 nitrogen and oxygen atoms in total. The third kappa shape index (κ3) is 5.12. The smallest absolute Gasteiger partial charge is 0.257 e. The minimum absolute atomic E-state index is 0.123. The number of aromatic nitrogens is 2. The fourth-order valence-corrected chi connectivity index (χ4v) is 3.42. The van der Waals surface area contributed by atoms with Crippen LogP contribution in [0.2, 0.25) is 5.02 Å². The van der Waals surface area contributed by atoms with Gasteiger partial charge in [0.2, 0.25) is 0 Å². The number of anilines is 1. The molecular formula is C21H20BrClFN3O3. The molecule has 0 radical (unpaired) electrons. The molecule has 1 heterocycles. The number of ether oxygens (including phenoxy) is 2. The third-order valence-corrected chi connectivity index (χ3v) is 5.07. The van der Waals surface area contributed by atoms with E-state index in [-0.39, 0.29) is 12.5 Å². The molecule has 0 fully saturated rings. The summed E-state index contributed by atoms with van der Waals surface area (Å²) >= 11 is 9.45. The first-order valence-electron chi connectivity index (χ1n) is 9.29. The molecule has 0 aliphatic rings. The molecule has 0 unspecified atom stereocenters. The molecule has 2 aromatic carbocycles. The molecule has 30 heavy (non-hydrogen) atoms. The molecule has 0 bridgehead atoms. The standard InChI is InChI=1S/C21H20BrClFN3O3/c1-3-29-18-9-8-13(10-19(18)30-4-2)21(28)25-20-15(22)12-27(26-20)11-14-16(23)6-5-7-17(14)24/h5-10,12H,3-4,11H2,1-2H3,(H,25,26,28). The number of hydrogen-bond acceptors (Lipinski definition) is 4. The Morgan fingerprint density at radius 1 is 1.20 bits per heavy atom. The van der Waals surface area contributed by atoms with Crippen LogP contribution in [-0.4, -0.2) is 28.9 Å². The highest BCUT2D eigenvalue weighted by Gasteiger charge is 2.16. The van der Waals surface area contributed by atoms with Crippen molar-refractivity contribution < 1.29 is 18.7 Å². The summed E-state index contributed by atoms with van der Waals surface area (Å²) in [5.41, 5.74) is 0.709. The van der Waals surface area contributed by atoms with Crippen molar-refractivity contribution in [3.8, 4) is 11.5 Å². The molecule has 1 amide bonds. The van der Waals surface area contributed by atoms with Crippen LogP contribution in [0.5, 0.6) is 11.5 Å². The monoisotopic (exact) mass is 495 g/mol. The molecule has 0 atom stereocenters. The number of benzene rings is 2. The Morgan fingerprint density at radius 3 is 2.63 bits per heavy atom. The fourth-order valence-electron chi connectivity index (χ4n) is 2.78. The van der Waals surface area contributed by atoms with Gasteiger partial charge in [0.1, 0.15) is 5.82 Å². The first kappa shape index (κ1) is 22.1. The first-order valence-corrected chi connectivity index (χ1v) is 10.5. The lowest BCUT2D eigenvalue weighted by molar-refractivity contribution is 0.102. The molecule has 3 rings (SSSR count). The second kappa shape index (κ2) is 9.95. The minimum Gasteiger partial charge on any atom is -0.490 e. The SMILES string of the molecule is CCOc1ccc(C(=O)Nc2nn(Cc3c(F)cccc3Cl)cc2Br)cc1OCC. The second-order valence-electron chi connectivity index (χ2n) is 6.21. The van der Waals surface area contributed by atoms with Gasteiger partial charge in [-0.1, -0.05) is 17.7 Å². The number of carbonyl (C=O) groups is 1. The first-order chi connectivity index (χ1) is 14.4. The fraction of sp³-hybridized carbons (Fsp3) is 0.238. The van der Waals surface area contributed by atoms with Crippen LogP contribution in [0.15, 0.2) is 47.1 Å². The van der Waals surface area contributed by atoms with E-state index in [0.717, 1.165) is 0 Å². The predicted octanol–water partition coefficient (Wildman–Crippen LogP) is 5.54. The van der Waals surface area contributed by atoms with E-state index in [1.807, 2.05) is 13.8 Å². The van der Waals surface area contributed by atoms with E-state index in [1.54, 1.807) is 36.5 Å². The predicted molar refractivity (Wildman–Crippen MR) is 117 cm³/mol. The van der Waals surface area contributed by atoms with E-state index in [2.05, 4.69) is 26.3 Å². The maximum Gasteiger partial charge on any atom is 0.257 e. The Morgan fingerprint density at radius 2 is 1.93 bits per heavy atom. The highest BCUT2D eigenvalue weighted by Crippen LogP contribution is 2.29. The van der Waals surface area contributed by atoms with Crippen molar-refractivity contribution in [2.24, 2.45) is 0 Å². The van der Waals surface area contributed by atoms with Gasteiger partial charge in [-0.2, -0.15) is 5.10 Å². The second-order valence-corrected chi connectivity index (χ2v) is 7.47. The zero-order valence-electron chi connectivity index (χ0n) is 16.4. The normalized spacial score (nSPS) is 10.7. The molecule has 9 heteroatoms. The average molecular weight is 497 g/mol. The van der Waals surface area contributed by atoms with E-state index < -0.39 is 5.82 Å². The Labute approximate surface area is 187 Å². The van der Waals surface area contributed by atoms with Gasteiger partial charge in [0, 0.05) is 22.3 Å². The lowest BCUT2D eigenvalue weighted by Crippen LogP contribution is -2.14. The zero-order valence-corrected chi connectivity index (χ0v) is 18.8. The average Bonchev–Trinajstić information content (AvgIpc) is 3.05. The van der Waals surface area contributed by atoms with Gasteiger partial charge in [-0.15, -0.1) is 0 Å². The van der Waals surface area contributed by atoms with Crippen molar-refractivity contribution in [3.63, 3.8) is 0 Å². The number of hydrogen-bond donors (Lipinski definition) is 1. The number of carbonyl (C=O) groups excluding carboxylic acids is 1. The van der Waals surface area contributed by atoms with E-state index in [9.17, 15) is 9.18 Å². The molecule has 1 N–H and O–H groups in total. The Kier molecular flexibility index (Phi) is 7.33. The van der Waals surface area contributed by atoms with Crippen molar-refractivity contribution in [1.29, 1.82) is 0 Å². The Balaban J connectivity index is 1.78. The van der Waals surface area contributed by atoms with Crippen molar-refractivity contribution in [1.82, 2.24) is 9.78 Å². The summed E-state index contributed by atoms with van der Waals surface area (Å²) < 4.78 is 27.2. The van der Waals surface area contributed by atoms with Gasteiger partial charge < -0.3 is 14.8 Å². The number of amides is 1. The van der Waals surface area contributed by atoms with Gasteiger partial charge in [-0.25, -0.2) is 4.39 Å². The molecule has 158 valence electrons. The molecule has 0 aliphatic heterocycles. The van der Waals surface area contributed by atoms with Gasteiger partial charge >= 0.3 is 0 Å². The van der Waals surface area contributed by atoms with E-state index in [0.29, 0.717) is 51.2 Å². The maximum absolute atomic E-state index is 14.0. The van der Waals surface area contributed by atoms with E-state index in [1.165, 1.54) is 10.7 Å². The van der Waals surface area contributed by atoms with Crippen molar-refractivity contribution in [2.75, 3.05) is 18.5 Å². The van der Waals surface area contributed by atoms with Crippen LogP contribution in [-0.2, 0) is 6.54 Å². The lowest BCUT2D eigenvalue weighted by Gasteiger charge is -2.12. The van der Waals surface area contributed by atoms with Crippen LogP contribution in [0.3, 0.4) is 0 Å². The minimum atomic E-state index is -0.419. The van der Waals surface area contributed by atoms with Gasteiger partial charge in [0.05, 0.1) is 24.2 Å². The molecule has 0 spiro atoms. The van der Waals surface area contributed by atoms with Crippen LogP contribution in [0.4, 0.5) is 10.2 Å². The largest absolute Gasteiger partial charge is 0.490 e. The summed E-state index contributed by atoms with van der Waals surface area (Å²) in [7, 11) is 0. The number of halogens is 3. The topological polar surface area (TPSA) is 65.4 Å². The highest BCUT2D eigenvalue weighted by atomic mass is 79.9. The van der Waals surface area contributed by atoms with E-state index >= 15 is 0 Å². The van der Waals surface area contributed by atoms with Crippen molar-refractivity contribution in [3.05, 3.63) is 69.0 Å². The maximum atomic E-state index is 14.0.